The highest BCUT2D eigenvalue weighted by molar-refractivity contribution is 6.33. The van der Waals surface area contributed by atoms with E-state index in [1.807, 2.05) is 0 Å². The van der Waals surface area contributed by atoms with Crippen LogP contribution in [0.5, 0.6) is 5.75 Å². The summed E-state index contributed by atoms with van der Waals surface area (Å²) in [5, 5.41) is 25.2. The zero-order valence-electron chi connectivity index (χ0n) is 30.2. The number of nitrogens with one attached hydrogen (secondary N) is 1. The smallest absolute Gasteiger partial charge is 0.417 e. The largest absolute Gasteiger partial charge is 0.508 e. The van der Waals surface area contributed by atoms with E-state index in [-0.39, 0.29) is 35.5 Å². The Morgan fingerprint density at radius 2 is 1.64 bits per heavy atom. The van der Waals surface area contributed by atoms with E-state index in [2.05, 4.69) is 10.4 Å². The van der Waals surface area contributed by atoms with Crippen LogP contribution in [0.3, 0.4) is 0 Å². The first-order chi connectivity index (χ1) is 28.1. The predicted molar refractivity (Wildman–Crippen MR) is 208 cm³/mol. The number of benzene rings is 4. The van der Waals surface area contributed by atoms with Crippen molar-refractivity contribution in [3.63, 3.8) is 0 Å². The Balaban J connectivity index is 1.26. The number of aromatic hydroxyl groups is 1. The lowest BCUT2D eigenvalue weighted by Crippen LogP contribution is -2.53. The number of amides is 4. The molecule has 12 nitrogen and oxygen atoms in total. The lowest BCUT2D eigenvalue weighted by atomic mass is 9.48. The van der Waals surface area contributed by atoms with Gasteiger partial charge in [0.05, 0.1) is 44.4 Å². The third-order valence-electron chi connectivity index (χ3n) is 12.1. The molecule has 2 saturated heterocycles. The van der Waals surface area contributed by atoms with Crippen LogP contribution in [0.1, 0.15) is 35.4 Å². The molecule has 3 heterocycles. The maximum atomic E-state index is 15.5. The molecule has 2 aliphatic carbocycles. The molecule has 3 fully saturated rings. The van der Waals surface area contributed by atoms with Gasteiger partial charge in [0, 0.05) is 34.8 Å². The first-order valence-electron chi connectivity index (χ1n) is 18.3. The number of hydrogen-bond donors (Lipinski definition) is 2. The summed E-state index contributed by atoms with van der Waals surface area (Å²) in [4.78, 5) is 75.1. The number of alkyl halides is 3. The summed E-state index contributed by atoms with van der Waals surface area (Å²) in [6.45, 7) is 0. The van der Waals surface area contributed by atoms with Crippen LogP contribution in [0.2, 0.25) is 10.0 Å². The van der Waals surface area contributed by atoms with E-state index in [9.17, 15) is 38.0 Å². The molecule has 1 aromatic heterocycles. The van der Waals surface area contributed by atoms with Gasteiger partial charge in [-0.05, 0) is 65.4 Å². The van der Waals surface area contributed by atoms with Crippen molar-refractivity contribution in [1.29, 1.82) is 0 Å². The maximum absolute atomic E-state index is 15.5. The van der Waals surface area contributed by atoms with Crippen LogP contribution in [0.15, 0.2) is 109 Å². The normalized spacial score (nSPS) is 25.2. The molecule has 17 heteroatoms. The van der Waals surface area contributed by atoms with Gasteiger partial charge in [-0.15, -0.1) is 0 Å². The Labute approximate surface area is 342 Å². The highest BCUT2D eigenvalue weighted by Crippen LogP contribution is 2.65. The van der Waals surface area contributed by atoms with E-state index in [1.165, 1.54) is 36.4 Å². The summed E-state index contributed by atoms with van der Waals surface area (Å²) in [6.07, 6.45) is -2.66. The number of allylic oxidation sites excluding steroid dienone is 2. The van der Waals surface area contributed by atoms with Gasteiger partial charge in [0.25, 0.3) is 17.5 Å². The quantitative estimate of drug-likeness (QED) is 0.0740. The number of phenols is 1. The van der Waals surface area contributed by atoms with Crippen molar-refractivity contribution in [3.05, 3.63) is 146 Å². The van der Waals surface area contributed by atoms with Gasteiger partial charge in [0.15, 0.2) is 5.82 Å². The number of anilines is 2. The SMILES string of the molecule is O=C1[C@@H]2C[C@@H]3C(=CC[C@@H]4C(=O)N(c5cccc([N+](=O)[O-])c5)C(=O)[C@@H]43)[C@H](c3c(O)ccc4ccccc34)[C@]2(c2ccc(Cl)cc2)C(=O)N1Nc1ncc(C(F)(F)F)cc1Cl. The van der Waals surface area contributed by atoms with E-state index >= 15 is 9.59 Å². The number of rotatable bonds is 6. The molecule has 2 aliphatic heterocycles. The van der Waals surface area contributed by atoms with Crippen LogP contribution < -0.4 is 10.3 Å². The van der Waals surface area contributed by atoms with Crippen LogP contribution >= 0.6 is 23.2 Å². The highest BCUT2D eigenvalue weighted by atomic mass is 35.5. The second-order valence-electron chi connectivity index (χ2n) is 14.9. The highest BCUT2D eigenvalue weighted by Gasteiger charge is 2.71. The summed E-state index contributed by atoms with van der Waals surface area (Å²) in [6, 6.07) is 22.3. The van der Waals surface area contributed by atoms with Gasteiger partial charge in [-0.1, -0.05) is 83.4 Å². The number of aromatic nitrogens is 1. The zero-order chi connectivity index (χ0) is 41.7. The molecule has 298 valence electrons. The summed E-state index contributed by atoms with van der Waals surface area (Å²) >= 11 is 12.6. The van der Waals surface area contributed by atoms with Gasteiger partial charge in [0.2, 0.25) is 11.8 Å². The lowest BCUT2D eigenvalue weighted by Gasteiger charge is -2.51. The second-order valence-corrected chi connectivity index (χ2v) is 15.8. The third kappa shape index (κ3) is 5.69. The first kappa shape index (κ1) is 38.2. The minimum Gasteiger partial charge on any atom is -0.508 e. The number of pyridine rings is 1. The standard InChI is InChI=1S/C42H28Cl2F3N5O7/c43-23-11-9-21(10-12-23)41-30(38(55)51(40(41)57)49-36-31(44)16-22(19-48-36)42(45,46)47)18-29-27(35(41)34-26-7-2-1-4-20(26)8-15-32(34)53)13-14-28-33(29)39(56)50(37(28)54)24-5-3-6-25(17-24)52(58)59/h1-13,15-17,19,28-30,33,35,53H,14,18H2,(H,48,49)/t28-,29+,30-,33-,35+,41+/m0/s1. The molecular weight excluding hydrogens is 814 g/mol. The molecule has 9 rings (SSSR count). The number of nitro benzene ring substituents is 1. The van der Waals surface area contributed by atoms with Crippen molar-refractivity contribution in [1.82, 2.24) is 9.99 Å². The van der Waals surface area contributed by atoms with Gasteiger partial charge in [-0.2, -0.15) is 18.2 Å². The zero-order valence-corrected chi connectivity index (χ0v) is 31.7. The lowest BCUT2D eigenvalue weighted by molar-refractivity contribution is -0.384. The maximum Gasteiger partial charge on any atom is 0.417 e. The Bertz CT molecular complexity index is 2710. The number of imide groups is 2. The molecule has 5 aromatic rings. The molecule has 2 N–H and O–H groups in total. The minimum atomic E-state index is -4.79. The number of hydrogen-bond acceptors (Lipinski definition) is 9. The Morgan fingerprint density at radius 1 is 0.898 bits per heavy atom. The van der Waals surface area contributed by atoms with E-state index in [1.54, 1.807) is 48.5 Å². The molecule has 0 unspecified atom stereocenters. The van der Waals surface area contributed by atoms with Gasteiger partial charge in [-0.3, -0.25) is 34.7 Å². The van der Waals surface area contributed by atoms with E-state index in [4.69, 9.17) is 23.2 Å². The van der Waals surface area contributed by atoms with Crippen molar-refractivity contribution in [3.8, 4) is 5.75 Å². The molecule has 4 aliphatic rings. The number of halogens is 5. The summed E-state index contributed by atoms with van der Waals surface area (Å²) in [7, 11) is 0. The number of hydrazine groups is 1. The number of phenolic OH excluding ortho intramolecular Hbond substituents is 1. The molecule has 59 heavy (non-hydrogen) atoms. The summed E-state index contributed by atoms with van der Waals surface area (Å²) < 4.78 is 40.7. The summed E-state index contributed by atoms with van der Waals surface area (Å²) in [5.74, 6) is -8.97. The molecule has 1 saturated carbocycles. The average molecular weight is 843 g/mol. The number of carbonyl (C=O) groups excluding carboxylic acids is 4. The van der Waals surface area contributed by atoms with Crippen LogP contribution in [-0.4, -0.2) is 43.7 Å². The van der Waals surface area contributed by atoms with Gasteiger partial charge >= 0.3 is 6.18 Å². The minimum absolute atomic E-state index is 0.00290. The molecule has 0 bridgehead atoms. The van der Waals surface area contributed by atoms with Gasteiger partial charge in [0.1, 0.15) is 5.75 Å². The Kier molecular flexibility index (Phi) is 8.83. The first-order valence-corrected chi connectivity index (χ1v) is 19.0. The average Bonchev–Trinajstić information content (AvgIpc) is 3.59. The fourth-order valence-electron chi connectivity index (χ4n) is 9.68. The fourth-order valence-corrected chi connectivity index (χ4v) is 10.0. The van der Waals surface area contributed by atoms with Crippen molar-refractivity contribution < 1.29 is 42.4 Å². The van der Waals surface area contributed by atoms with Crippen LogP contribution in [0.4, 0.5) is 30.4 Å². The Hall–Kier alpha value is -6.32. The molecule has 4 amide bonds. The Morgan fingerprint density at radius 3 is 2.36 bits per heavy atom. The van der Waals surface area contributed by atoms with Crippen molar-refractivity contribution in [2.24, 2.45) is 23.7 Å². The van der Waals surface area contributed by atoms with Crippen molar-refractivity contribution in [2.45, 2.75) is 30.4 Å². The number of carbonyl (C=O) groups is 4. The van der Waals surface area contributed by atoms with Gasteiger partial charge in [-0.25, -0.2) is 9.88 Å². The molecular formula is C42H28Cl2F3N5O7. The van der Waals surface area contributed by atoms with Crippen LogP contribution in [0, 0.1) is 33.8 Å². The van der Waals surface area contributed by atoms with E-state index in [0.717, 1.165) is 11.0 Å². The number of nitrogens with zero attached hydrogens (tertiary/aromatic N) is 4. The van der Waals surface area contributed by atoms with Crippen LogP contribution in [-0.2, 0) is 30.8 Å². The molecule has 0 radical (unpaired) electrons. The van der Waals surface area contributed by atoms with E-state index in [0.29, 0.717) is 44.2 Å². The third-order valence-corrected chi connectivity index (χ3v) is 12.6. The molecule has 4 aromatic carbocycles. The topological polar surface area (TPSA) is 163 Å². The molecule has 6 atom stereocenters. The van der Waals surface area contributed by atoms with E-state index < -0.39 is 86.1 Å². The number of fused-ring (bicyclic) bond motifs is 5. The van der Waals surface area contributed by atoms with Crippen molar-refractivity contribution >= 4 is 74.8 Å². The second kappa shape index (κ2) is 13.6. The number of nitro groups is 1. The van der Waals surface area contributed by atoms with Crippen molar-refractivity contribution in [2.75, 3.05) is 10.3 Å². The predicted octanol–water partition coefficient (Wildman–Crippen LogP) is 8.36. The van der Waals surface area contributed by atoms with Crippen LogP contribution in [0.25, 0.3) is 10.8 Å². The molecule has 0 spiro atoms. The fraction of sp³-hybridized carbons (Fsp3) is 0.214. The summed E-state index contributed by atoms with van der Waals surface area (Å²) in [5.41, 5.74) is 0.279. The number of non-ortho nitro benzene ring substituents is 1. The monoisotopic (exact) mass is 841 g/mol. The van der Waals surface area contributed by atoms with Gasteiger partial charge < -0.3 is 5.11 Å².